The van der Waals surface area contributed by atoms with Crippen molar-refractivity contribution in [3.8, 4) is 44.5 Å². The summed E-state index contributed by atoms with van der Waals surface area (Å²) in [5.74, 6) is 3.67. The average Bonchev–Trinajstić information content (AvgIpc) is 3.85. The molecule has 1 spiro atoms. The van der Waals surface area contributed by atoms with Crippen LogP contribution in [0.1, 0.15) is 36.8 Å². The molecule has 0 radical (unpaired) electrons. The third kappa shape index (κ3) is 5.36. The fourth-order valence-corrected chi connectivity index (χ4v) is 11.1. The molecule has 3 saturated carbocycles. The van der Waals surface area contributed by atoms with E-state index in [9.17, 15) is 0 Å². The Hall–Kier alpha value is -5.66. The molecule has 1 nitrogen and oxygen atoms in total. The zero-order valence-electron chi connectivity index (χ0n) is 30.7. The van der Waals surface area contributed by atoms with Crippen LogP contribution < -0.4 is 4.90 Å². The molecule has 11 rings (SSSR count). The van der Waals surface area contributed by atoms with E-state index in [-0.39, 0.29) is 0 Å². The van der Waals surface area contributed by atoms with Crippen molar-refractivity contribution in [1.82, 2.24) is 0 Å². The lowest BCUT2D eigenvalue weighted by atomic mass is 9.62. The predicted octanol–water partition coefficient (Wildman–Crippen LogP) is 14.0. The zero-order chi connectivity index (χ0) is 35.6. The summed E-state index contributed by atoms with van der Waals surface area (Å²) in [4.78, 5) is 2.46. The summed E-state index contributed by atoms with van der Waals surface area (Å²) in [6.07, 6.45) is 8.28. The average molecular weight is 696 g/mol. The number of nitrogens with zero attached hydrogens (tertiary/aromatic N) is 1. The number of anilines is 3. The maximum atomic E-state index is 2.54. The fourth-order valence-electron chi connectivity index (χ4n) is 11.1. The van der Waals surface area contributed by atoms with E-state index in [1.54, 1.807) is 0 Å². The molecule has 0 aromatic heterocycles. The van der Waals surface area contributed by atoms with Crippen molar-refractivity contribution in [2.45, 2.75) is 38.5 Å². The number of rotatable bonds is 6. The van der Waals surface area contributed by atoms with Crippen LogP contribution in [0, 0.1) is 29.1 Å². The summed E-state index contributed by atoms with van der Waals surface area (Å²) in [7, 11) is 0. The molecule has 3 fully saturated rings. The zero-order valence-corrected chi connectivity index (χ0v) is 30.7. The van der Waals surface area contributed by atoms with Crippen molar-refractivity contribution in [2.24, 2.45) is 29.1 Å². The second kappa shape index (κ2) is 12.7. The van der Waals surface area contributed by atoms with Crippen LogP contribution in [0.15, 0.2) is 176 Å². The Morgan fingerprint density at radius 2 is 1.07 bits per heavy atom. The fraction of sp³-hybridized carbons (Fsp3) is 0.208. The van der Waals surface area contributed by atoms with Gasteiger partial charge in [0.25, 0.3) is 0 Å². The van der Waals surface area contributed by atoms with Crippen LogP contribution >= 0.6 is 0 Å². The van der Waals surface area contributed by atoms with Gasteiger partial charge in [0.15, 0.2) is 0 Å². The molecular formula is C53H45N. The topological polar surface area (TPSA) is 3.24 Å². The van der Waals surface area contributed by atoms with Crippen molar-refractivity contribution in [3.05, 3.63) is 187 Å². The van der Waals surface area contributed by atoms with Gasteiger partial charge >= 0.3 is 0 Å². The van der Waals surface area contributed by atoms with Crippen LogP contribution in [0.3, 0.4) is 0 Å². The molecule has 2 bridgehead atoms. The molecule has 7 aromatic rings. The molecule has 0 amide bonds. The number of hydrogen-bond acceptors (Lipinski definition) is 1. The lowest BCUT2D eigenvalue weighted by Gasteiger charge is -2.43. The maximum absolute atomic E-state index is 2.54. The molecule has 0 N–H and O–H groups in total. The van der Waals surface area contributed by atoms with E-state index in [2.05, 4.69) is 181 Å². The lowest BCUT2D eigenvalue weighted by molar-refractivity contribution is 0.0619. The van der Waals surface area contributed by atoms with Gasteiger partial charge in [-0.25, -0.2) is 0 Å². The highest BCUT2D eigenvalue weighted by Gasteiger charge is 2.69. The minimum atomic E-state index is 0.656. The van der Waals surface area contributed by atoms with Gasteiger partial charge in [-0.2, -0.15) is 0 Å². The van der Waals surface area contributed by atoms with Crippen molar-refractivity contribution < 1.29 is 0 Å². The quantitative estimate of drug-likeness (QED) is 0.167. The minimum Gasteiger partial charge on any atom is -0.310 e. The van der Waals surface area contributed by atoms with Crippen LogP contribution in [-0.2, 0) is 12.8 Å². The van der Waals surface area contributed by atoms with Gasteiger partial charge in [-0.15, -0.1) is 0 Å². The Kier molecular flexibility index (Phi) is 7.51. The number of para-hydroxylation sites is 1. The Labute approximate surface area is 320 Å². The molecule has 5 atom stereocenters. The molecule has 54 heavy (non-hydrogen) atoms. The largest absolute Gasteiger partial charge is 0.310 e. The van der Waals surface area contributed by atoms with E-state index in [4.69, 9.17) is 0 Å². The van der Waals surface area contributed by atoms with Gasteiger partial charge in [0, 0.05) is 16.9 Å². The smallest absolute Gasteiger partial charge is 0.0540 e. The highest BCUT2D eigenvalue weighted by molar-refractivity contribution is 5.91. The van der Waals surface area contributed by atoms with Crippen LogP contribution in [0.5, 0.6) is 0 Å². The van der Waals surface area contributed by atoms with Crippen molar-refractivity contribution in [2.75, 3.05) is 4.90 Å². The van der Waals surface area contributed by atoms with Gasteiger partial charge in [0.05, 0.1) is 5.69 Å². The van der Waals surface area contributed by atoms with Crippen molar-refractivity contribution in [3.63, 3.8) is 0 Å². The van der Waals surface area contributed by atoms with Crippen LogP contribution in [0.4, 0.5) is 17.1 Å². The minimum absolute atomic E-state index is 0.656. The van der Waals surface area contributed by atoms with E-state index in [1.165, 1.54) is 99.8 Å². The molecule has 4 aliphatic rings. The number of hydrogen-bond donors (Lipinski definition) is 0. The first-order valence-electron chi connectivity index (χ1n) is 20.1. The van der Waals surface area contributed by atoms with E-state index >= 15 is 0 Å². The van der Waals surface area contributed by atoms with E-state index < -0.39 is 0 Å². The Morgan fingerprint density at radius 1 is 0.426 bits per heavy atom. The normalized spacial score (nSPS) is 23.2. The maximum Gasteiger partial charge on any atom is 0.0540 e. The number of benzene rings is 7. The van der Waals surface area contributed by atoms with Gasteiger partial charge in [-0.3, -0.25) is 0 Å². The summed E-state index contributed by atoms with van der Waals surface area (Å²) in [5, 5.41) is 0. The second-order valence-electron chi connectivity index (χ2n) is 16.7. The van der Waals surface area contributed by atoms with Crippen LogP contribution in [-0.4, -0.2) is 0 Å². The molecule has 0 saturated heterocycles. The predicted molar refractivity (Wildman–Crippen MR) is 225 cm³/mol. The highest BCUT2D eigenvalue weighted by Crippen LogP contribution is 2.76. The van der Waals surface area contributed by atoms with E-state index in [0.29, 0.717) is 5.41 Å². The van der Waals surface area contributed by atoms with Crippen LogP contribution in [0.2, 0.25) is 0 Å². The lowest BCUT2D eigenvalue weighted by Crippen LogP contribution is -2.36. The summed E-state index contributed by atoms with van der Waals surface area (Å²) in [6, 6.07) is 65.4. The summed E-state index contributed by atoms with van der Waals surface area (Å²) in [5.41, 5.74) is 17.5. The second-order valence-corrected chi connectivity index (χ2v) is 16.7. The first kappa shape index (κ1) is 31.8. The van der Waals surface area contributed by atoms with Crippen molar-refractivity contribution in [1.29, 1.82) is 0 Å². The molecule has 1 unspecified atom stereocenters. The highest BCUT2D eigenvalue weighted by atomic mass is 15.1. The third-order valence-corrected chi connectivity index (χ3v) is 13.7. The van der Waals surface area contributed by atoms with Gasteiger partial charge < -0.3 is 4.90 Å². The molecule has 262 valence electrons. The van der Waals surface area contributed by atoms with Gasteiger partial charge in [0.2, 0.25) is 0 Å². The summed E-state index contributed by atoms with van der Waals surface area (Å²) >= 11 is 0. The Bertz CT molecular complexity index is 2480. The standard InChI is InChI=1S/C53H45N/c1-3-12-37(13-4-1)39-24-26-46(27-25-39)54(47-18-11-17-40(32-47)38-14-5-2-6-15-38)52-21-10-9-20-49(52)43-23-22-42-31-45-35-53(45)34-44-29-36(30-51(44)53)28-41-16-7-8-19-48(41)50(42)33-43/h1-27,32-33,36,44-45,51H,28-31,34-35H2/t36-,44+,45-,51+,53?/m1/s1. The molecule has 0 heterocycles. The third-order valence-electron chi connectivity index (χ3n) is 13.7. The molecule has 7 aromatic carbocycles. The Balaban J connectivity index is 1.05. The molecule has 0 aliphatic heterocycles. The van der Waals surface area contributed by atoms with Crippen molar-refractivity contribution >= 4 is 17.1 Å². The molecule has 4 aliphatic carbocycles. The molecular weight excluding hydrogens is 651 g/mol. The van der Waals surface area contributed by atoms with E-state index in [0.717, 1.165) is 35.0 Å². The van der Waals surface area contributed by atoms with Crippen LogP contribution in [0.25, 0.3) is 44.5 Å². The van der Waals surface area contributed by atoms with E-state index in [1.807, 2.05) is 0 Å². The number of fused-ring (bicyclic) bond motifs is 4. The summed E-state index contributed by atoms with van der Waals surface area (Å²) in [6.45, 7) is 0. The van der Waals surface area contributed by atoms with Gasteiger partial charge in [0.1, 0.15) is 0 Å². The van der Waals surface area contributed by atoms with Gasteiger partial charge in [-0.1, -0.05) is 140 Å². The monoisotopic (exact) mass is 695 g/mol. The SMILES string of the molecule is c1ccc(-c2ccc(N(c3cccc(-c4ccccc4)c3)c3ccccc3-c3ccc4c(c3)-c3ccccc3C[C@@H]3C[C@H]5CC6(C[C@H]6C4)[C@H]5C3)cc2)cc1. The Morgan fingerprint density at radius 3 is 1.89 bits per heavy atom. The first-order valence-corrected chi connectivity index (χ1v) is 20.1. The van der Waals surface area contributed by atoms with Gasteiger partial charge in [-0.05, 0) is 154 Å². The summed E-state index contributed by atoms with van der Waals surface area (Å²) < 4.78 is 0. The molecule has 1 heteroatoms. The first-order chi connectivity index (χ1) is 26.7.